The monoisotopic (exact) mass is 220 g/mol. The summed E-state index contributed by atoms with van der Waals surface area (Å²) in [6.45, 7) is 1.11. The highest BCUT2D eigenvalue weighted by molar-refractivity contribution is 5.05. The van der Waals surface area contributed by atoms with Gasteiger partial charge in [0.15, 0.2) is 5.82 Å². The van der Waals surface area contributed by atoms with Gasteiger partial charge in [0.2, 0.25) is 0 Å². The molecule has 88 valence electrons. The Morgan fingerprint density at radius 3 is 2.69 bits per heavy atom. The lowest BCUT2D eigenvalue weighted by molar-refractivity contribution is 0.587. The van der Waals surface area contributed by atoms with Gasteiger partial charge in [-0.25, -0.2) is 4.98 Å². The third kappa shape index (κ3) is 1.75. The van der Waals surface area contributed by atoms with Crippen LogP contribution in [0.1, 0.15) is 62.1 Å². The third-order valence-corrected chi connectivity index (χ3v) is 3.91. The van der Waals surface area contributed by atoms with Crippen molar-refractivity contribution in [3.63, 3.8) is 0 Å². The molecule has 1 unspecified atom stereocenters. The van der Waals surface area contributed by atoms with Crippen molar-refractivity contribution in [3.05, 3.63) is 11.6 Å². The first kappa shape index (κ1) is 10.3. The summed E-state index contributed by atoms with van der Waals surface area (Å²) in [6.07, 6.45) is 7.74. The van der Waals surface area contributed by atoms with Crippen LogP contribution >= 0.6 is 0 Å². The standard InChI is InChI=1S/C12H20N4/c1-16-12(9-5-2-3-6-9)14-11(15-16)10-7-4-8-13-10/h9-10,13H,2-8H2,1H3. The first-order valence-corrected chi connectivity index (χ1v) is 6.49. The average Bonchev–Trinajstić information content (AvgIpc) is 2.97. The van der Waals surface area contributed by atoms with Crippen molar-refractivity contribution >= 4 is 0 Å². The topological polar surface area (TPSA) is 42.7 Å². The molecule has 1 aliphatic heterocycles. The Morgan fingerprint density at radius 1 is 1.19 bits per heavy atom. The molecule has 1 saturated carbocycles. The molecule has 3 rings (SSSR count). The van der Waals surface area contributed by atoms with E-state index < -0.39 is 0 Å². The maximum atomic E-state index is 4.76. The fourth-order valence-electron chi connectivity index (χ4n) is 3.01. The van der Waals surface area contributed by atoms with Crippen LogP contribution in [0.3, 0.4) is 0 Å². The van der Waals surface area contributed by atoms with Crippen LogP contribution in [0.2, 0.25) is 0 Å². The molecule has 16 heavy (non-hydrogen) atoms. The summed E-state index contributed by atoms with van der Waals surface area (Å²) >= 11 is 0. The number of hydrogen-bond donors (Lipinski definition) is 1. The van der Waals surface area contributed by atoms with Crippen molar-refractivity contribution in [1.82, 2.24) is 20.1 Å². The van der Waals surface area contributed by atoms with Gasteiger partial charge in [-0.05, 0) is 32.2 Å². The first-order valence-electron chi connectivity index (χ1n) is 6.49. The minimum Gasteiger partial charge on any atom is -0.307 e. The van der Waals surface area contributed by atoms with Gasteiger partial charge >= 0.3 is 0 Å². The van der Waals surface area contributed by atoms with E-state index in [1.54, 1.807) is 0 Å². The minimum absolute atomic E-state index is 0.404. The van der Waals surface area contributed by atoms with Gasteiger partial charge in [-0.15, -0.1) is 0 Å². The maximum absolute atomic E-state index is 4.76. The molecule has 2 fully saturated rings. The Balaban J connectivity index is 1.83. The smallest absolute Gasteiger partial charge is 0.167 e. The lowest BCUT2D eigenvalue weighted by Gasteiger charge is -2.06. The predicted octanol–water partition coefficient (Wildman–Crippen LogP) is 1.90. The van der Waals surface area contributed by atoms with E-state index in [2.05, 4.69) is 10.4 Å². The number of hydrogen-bond acceptors (Lipinski definition) is 3. The third-order valence-electron chi connectivity index (χ3n) is 3.91. The highest BCUT2D eigenvalue weighted by Gasteiger charge is 2.26. The predicted molar refractivity (Wildman–Crippen MR) is 62.2 cm³/mol. The van der Waals surface area contributed by atoms with Gasteiger partial charge < -0.3 is 5.32 Å². The van der Waals surface area contributed by atoms with Crippen molar-refractivity contribution in [1.29, 1.82) is 0 Å². The Morgan fingerprint density at radius 2 is 2.00 bits per heavy atom. The summed E-state index contributed by atoms with van der Waals surface area (Å²) in [7, 11) is 2.04. The van der Waals surface area contributed by atoms with Gasteiger partial charge in [0.25, 0.3) is 0 Å². The Kier molecular flexibility index (Phi) is 2.67. The van der Waals surface area contributed by atoms with Crippen molar-refractivity contribution in [3.8, 4) is 0 Å². The van der Waals surface area contributed by atoms with Crippen LogP contribution in [0.15, 0.2) is 0 Å². The van der Waals surface area contributed by atoms with Crippen LogP contribution in [0.5, 0.6) is 0 Å². The second kappa shape index (κ2) is 4.17. The van der Waals surface area contributed by atoms with E-state index >= 15 is 0 Å². The largest absolute Gasteiger partial charge is 0.307 e. The SMILES string of the molecule is Cn1nc(C2CCCN2)nc1C1CCCC1. The van der Waals surface area contributed by atoms with E-state index in [-0.39, 0.29) is 0 Å². The molecule has 1 N–H and O–H groups in total. The van der Waals surface area contributed by atoms with Crippen molar-refractivity contribution in [2.75, 3.05) is 6.54 Å². The molecule has 1 saturated heterocycles. The second-order valence-electron chi connectivity index (χ2n) is 5.08. The van der Waals surface area contributed by atoms with E-state index in [1.165, 1.54) is 44.3 Å². The highest BCUT2D eigenvalue weighted by Crippen LogP contribution is 2.33. The van der Waals surface area contributed by atoms with Gasteiger partial charge in [0.05, 0.1) is 6.04 Å². The van der Waals surface area contributed by atoms with E-state index in [1.807, 2.05) is 11.7 Å². The van der Waals surface area contributed by atoms with E-state index in [4.69, 9.17) is 4.98 Å². The molecule has 1 aromatic heterocycles. The summed E-state index contributed by atoms with van der Waals surface area (Å²) in [6, 6.07) is 0.404. The molecule has 0 amide bonds. The normalized spacial score (nSPS) is 26.7. The first-order chi connectivity index (χ1) is 7.84. The van der Waals surface area contributed by atoms with Crippen LogP contribution < -0.4 is 5.32 Å². The summed E-state index contributed by atoms with van der Waals surface area (Å²) < 4.78 is 2.01. The summed E-state index contributed by atoms with van der Waals surface area (Å²) in [5.74, 6) is 2.88. The van der Waals surface area contributed by atoms with Crippen molar-refractivity contribution < 1.29 is 0 Å². The molecule has 0 radical (unpaired) electrons. The molecule has 0 aromatic carbocycles. The fraction of sp³-hybridized carbons (Fsp3) is 0.833. The molecule has 0 spiro atoms. The second-order valence-corrected chi connectivity index (χ2v) is 5.08. The fourth-order valence-corrected chi connectivity index (χ4v) is 3.01. The Bertz CT molecular complexity index is 359. The van der Waals surface area contributed by atoms with Gasteiger partial charge in [-0.1, -0.05) is 12.8 Å². The number of aromatic nitrogens is 3. The van der Waals surface area contributed by atoms with Crippen LogP contribution in [-0.4, -0.2) is 21.3 Å². The quantitative estimate of drug-likeness (QED) is 0.827. The maximum Gasteiger partial charge on any atom is 0.167 e. The number of nitrogens with zero attached hydrogens (tertiary/aromatic N) is 3. The van der Waals surface area contributed by atoms with Crippen LogP contribution in [-0.2, 0) is 7.05 Å². The van der Waals surface area contributed by atoms with E-state index in [9.17, 15) is 0 Å². The zero-order valence-electron chi connectivity index (χ0n) is 9.95. The Hall–Kier alpha value is -0.900. The molecule has 0 bridgehead atoms. The van der Waals surface area contributed by atoms with Crippen LogP contribution in [0.4, 0.5) is 0 Å². The lowest BCUT2D eigenvalue weighted by Crippen LogP contribution is -2.14. The highest BCUT2D eigenvalue weighted by atomic mass is 15.3. The van der Waals surface area contributed by atoms with Crippen LogP contribution in [0, 0.1) is 0 Å². The van der Waals surface area contributed by atoms with Gasteiger partial charge in [0.1, 0.15) is 5.82 Å². The summed E-state index contributed by atoms with van der Waals surface area (Å²) in [4.78, 5) is 4.76. The van der Waals surface area contributed by atoms with E-state index in [0.29, 0.717) is 12.0 Å². The van der Waals surface area contributed by atoms with Gasteiger partial charge in [0, 0.05) is 13.0 Å². The zero-order chi connectivity index (χ0) is 11.0. The number of rotatable bonds is 2. The molecule has 1 aliphatic carbocycles. The summed E-state index contributed by atoms with van der Waals surface area (Å²) in [5.41, 5.74) is 0. The molecule has 4 nitrogen and oxygen atoms in total. The molecule has 4 heteroatoms. The molecule has 2 heterocycles. The summed E-state index contributed by atoms with van der Waals surface area (Å²) in [5, 5.41) is 8.05. The van der Waals surface area contributed by atoms with Gasteiger partial charge in [-0.3, -0.25) is 4.68 Å². The minimum atomic E-state index is 0.404. The van der Waals surface area contributed by atoms with Crippen LogP contribution in [0.25, 0.3) is 0 Å². The molecular formula is C12H20N4. The van der Waals surface area contributed by atoms with Crippen molar-refractivity contribution in [2.45, 2.75) is 50.5 Å². The van der Waals surface area contributed by atoms with Gasteiger partial charge in [-0.2, -0.15) is 5.10 Å². The zero-order valence-corrected chi connectivity index (χ0v) is 9.95. The number of aryl methyl sites for hydroxylation is 1. The lowest BCUT2D eigenvalue weighted by atomic mass is 10.1. The molecule has 1 atom stereocenters. The molecular weight excluding hydrogens is 200 g/mol. The Labute approximate surface area is 96.4 Å². The average molecular weight is 220 g/mol. The molecule has 1 aromatic rings. The number of nitrogens with one attached hydrogen (secondary N) is 1. The molecule has 2 aliphatic rings. The van der Waals surface area contributed by atoms with E-state index in [0.717, 1.165) is 12.4 Å². The van der Waals surface area contributed by atoms with Crippen molar-refractivity contribution in [2.24, 2.45) is 7.05 Å².